The van der Waals surface area contributed by atoms with Crippen molar-refractivity contribution in [2.24, 2.45) is 0 Å². The largest absolute Gasteiger partial charge is 0.459 e. The average Bonchev–Trinajstić information content (AvgIpc) is 2.66. The highest BCUT2D eigenvalue weighted by Gasteiger charge is 2.16. The molecule has 0 aliphatic heterocycles. The van der Waals surface area contributed by atoms with Crippen LogP contribution in [-0.4, -0.2) is 12.1 Å². The summed E-state index contributed by atoms with van der Waals surface area (Å²) in [7, 11) is 0. The Morgan fingerprint density at radius 2 is 1.65 bits per heavy atom. The normalized spacial score (nSPS) is 15.8. The van der Waals surface area contributed by atoms with Crippen molar-refractivity contribution in [3.8, 4) is 0 Å². The Bertz CT molecular complexity index is 408. The van der Waals surface area contributed by atoms with Crippen LogP contribution in [0.4, 0.5) is 0 Å². The molecule has 2 heteroatoms. The molecule has 0 bridgehead atoms. The predicted octanol–water partition coefficient (Wildman–Crippen LogP) is 7.68. The lowest BCUT2D eigenvalue weighted by Crippen LogP contribution is -2.17. The molecule has 0 fully saturated rings. The van der Waals surface area contributed by atoms with E-state index in [9.17, 15) is 4.79 Å². The Morgan fingerprint density at radius 3 is 2.31 bits per heavy atom. The second-order valence-electron chi connectivity index (χ2n) is 7.86. The Hall–Kier alpha value is -1.05. The van der Waals surface area contributed by atoms with E-state index in [1.807, 2.05) is 6.92 Å². The van der Waals surface area contributed by atoms with E-state index in [0.29, 0.717) is 0 Å². The van der Waals surface area contributed by atoms with Crippen molar-refractivity contribution in [2.45, 2.75) is 123 Å². The number of rotatable bonds is 15. The fourth-order valence-corrected chi connectivity index (χ4v) is 3.48. The van der Waals surface area contributed by atoms with E-state index in [4.69, 9.17) is 4.74 Å². The molecular formula is C24H42O2. The number of ether oxygens (including phenoxy) is 1. The van der Waals surface area contributed by atoms with Crippen molar-refractivity contribution in [1.29, 1.82) is 0 Å². The molecule has 0 N–H and O–H groups in total. The maximum Gasteiger partial charge on any atom is 0.333 e. The third-order valence-corrected chi connectivity index (χ3v) is 5.23. The summed E-state index contributed by atoms with van der Waals surface area (Å²) < 4.78 is 5.58. The average molecular weight is 363 g/mol. The topological polar surface area (TPSA) is 26.3 Å². The van der Waals surface area contributed by atoms with Gasteiger partial charge in [-0.25, -0.2) is 4.79 Å². The first-order valence-electron chi connectivity index (χ1n) is 11.3. The Morgan fingerprint density at radius 1 is 1.00 bits per heavy atom. The molecule has 0 spiro atoms. The molecule has 0 aromatic heterocycles. The van der Waals surface area contributed by atoms with Gasteiger partial charge in [0, 0.05) is 5.57 Å². The first-order chi connectivity index (χ1) is 12.7. The summed E-state index contributed by atoms with van der Waals surface area (Å²) >= 11 is 0. The van der Waals surface area contributed by atoms with Gasteiger partial charge in [-0.15, -0.1) is 0 Å². The number of carbonyl (C=O) groups excluding carboxylic acids is 1. The van der Waals surface area contributed by atoms with E-state index in [0.717, 1.165) is 31.3 Å². The number of allylic oxidation sites excluding steroid dienone is 3. The van der Waals surface area contributed by atoms with Crippen LogP contribution in [-0.2, 0) is 9.53 Å². The quantitative estimate of drug-likeness (QED) is 0.170. The molecule has 0 saturated heterocycles. The van der Waals surface area contributed by atoms with E-state index < -0.39 is 0 Å². The highest BCUT2D eigenvalue weighted by atomic mass is 16.5. The van der Waals surface area contributed by atoms with Gasteiger partial charge in [-0.1, -0.05) is 70.1 Å². The fraction of sp³-hybridized carbons (Fsp3) is 0.792. The number of hydrogen-bond acceptors (Lipinski definition) is 2. The molecule has 1 aliphatic rings. The van der Waals surface area contributed by atoms with Crippen LogP contribution in [0.15, 0.2) is 23.8 Å². The van der Waals surface area contributed by atoms with Crippen LogP contribution >= 0.6 is 0 Å². The minimum absolute atomic E-state index is 0.0600. The van der Waals surface area contributed by atoms with Crippen molar-refractivity contribution in [1.82, 2.24) is 0 Å². The van der Waals surface area contributed by atoms with E-state index >= 15 is 0 Å². The van der Waals surface area contributed by atoms with Gasteiger partial charge in [-0.3, -0.25) is 0 Å². The Balaban J connectivity index is 1.88. The molecule has 2 nitrogen and oxygen atoms in total. The van der Waals surface area contributed by atoms with Gasteiger partial charge < -0.3 is 4.74 Å². The molecule has 0 aromatic carbocycles. The molecule has 1 atom stereocenters. The van der Waals surface area contributed by atoms with Crippen LogP contribution in [0.2, 0.25) is 0 Å². The monoisotopic (exact) mass is 362 g/mol. The van der Waals surface area contributed by atoms with Crippen LogP contribution in [0, 0.1) is 0 Å². The van der Waals surface area contributed by atoms with Gasteiger partial charge in [0.2, 0.25) is 0 Å². The van der Waals surface area contributed by atoms with Gasteiger partial charge in [0.15, 0.2) is 0 Å². The summed E-state index contributed by atoms with van der Waals surface area (Å²) in [5.74, 6) is -0.0686. The fourth-order valence-electron chi connectivity index (χ4n) is 3.48. The summed E-state index contributed by atoms with van der Waals surface area (Å²) in [4.78, 5) is 12.0. The predicted molar refractivity (Wildman–Crippen MR) is 112 cm³/mol. The van der Waals surface area contributed by atoms with Gasteiger partial charge >= 0.3 is 5.97 Å². The van der Waals surface area contributed by atoms with Gasteiger partial charge in [0.05, 0.1) is 6.10 Å². The maximum absolute atomic E-state index is 12.0. The first kappa shape index (κ1) is 23.0. The second kappa shape index (κ2) is 16.1. The van der Waals surface area contributed by atoms with Gasteiger partial charge in [-0.05, 0) is 64.7 Å². The zero-order valence-electron chi connectivity index (χ0n) is 17.4. The standard InChI is InChI=1S/C24H42O2/c1-3-4-5-6-7-8-9-10-11-12-13-14-16-19-22(2)26-24(25)23-20-17-15-18-21-23/h6-7,20,22H,3-5,8-19,21H2,1-2H3/b7-6-. The molecule has 0 radical (unpaired) electrons. The molecule has 0 saturated carbocycles. The smallest absolute Gasteiger partial charge is 0.333 e. The molecule has 0 heterocycles. The zero-order chi connectivity index (χ0) is 18.9. The summed E-state index contributed by atoms with van der Waals surface area (Å²) in [6.07, 6.45) is 26.4. The van der Waals surface area contributed by atoms with E-state index in [-0.39, 0.29) is 12.1 Å². The van der Waals surface area contributed by atoms with Crippen LogP contribution < -0.4 is 0 Å². The molecule has 150 valence electrons. The second-order valence-corrected chi connectivity index (χ2v) is 7.86. The minimum Gasteiger partial charge on any atom is -0.459 e. The molecule has 1 rings (SSSR count). The van der Waals surface area contributed by atoms with Gasteiger partial charge in [0.25, 0.3) is 0 Å². The van der Waals surface area contributed by atoms with E-state index in [1.165, 1.54) is 77.0 Å². The number of carbonyl (C=O) groups is 1. The molecule has 1 unspecified atom stereocenters. The van der Waals surface area contributed by atoms with Crippen molar-refractivity contribution < 1.29 is 9.53 Å². The van der Waals surface area contributed by atoms with Crippen LogP contribution in [0.1, 0.15) is 117 Å². The first-order valence-corrected chi connectivity index (χ1v) is 11.3. The molecule has 26 heavy (non-hydrogen) atoms. The molecule has 0 aromatic rings. The summed E-state index contributed by atoms with van der Waals surface area (Å²) in [5, 5.41) is 0. The van der Waals surface area contributed by atoms with Crippen LogP contribution in [0.5, 0.6) is 0 Å². The SMILES string of the molecule is CCCC/C=C\CCCCCCCCCC(C)OC(=O)C1=CCCCC1. The maximum atomic E-state index is 12.0. The number of esters is 1. The number of unbranched alkanes of at least 4 members (excludes halogenated alkanes) is 9. The van der Waals surface area contributed by atoms with E-state index in [2.05, 4.69) is 25.2 Å². The number of hydrogen-bond donors (Lipinski definition) is 0. The highest BCUT2D eigenvalue weighted by molar-refractivity contribution is 5.88. The minimum atomic E-state index is -0.0686. The zero-order valence-corrected chi connectivity index (χ0v) is 17.4. The summed E-state index contributed by atoms with van der Waals surface area (Å²) in [6, 6.07) is 0. The van der Waals surface area contributed by atoms with Gasteiger partial charge in [0.1, 0.15) is 0 Å². The van der Waals surface area contributed by atoms with Crippen molar-refractivity contribution >= 4 is 5.97 Å². The summed E-state index contributed by atoms with van der Waals surface area (Å²) in [6.45, 7) is 4.28. The molecular weight excluding hydrogens is 320 g/mol. The lowest BCUT2D eigenvalue weighted by Gasteiger charge is -2.16. The lowest BCUT2D eigenvalue weighted by molar-refractivity contribution is -0.144. The molecule has 0 amide bonds. The van der Waals surface area contributed by atoms with E-state index in [1.54, 1.807) is 0 Å². The van der Waals surface area contributed by atoms with Crippen LogP contribution in [0.3, 0.4) is 0 Å². The van der Waals surface area contributed by atoms with Gasteiger partial charge in [-0.2, -0.15) is 0 Å². The summed E-state index contributed by atoms with van der Waals surface area (Å²) in [5.41, 5.74) is 0.906. The lowest BCUT2D eigenvalue weighted by atomic mass is 10.00. The Labute approximate surface area is 162 Å². The third-order valence-electron chi connectivity index (χ3n) is 5.23. The van der Waals surface area contributed by atoms with Crippen LogP contribution in [0.25, 0.3) is 0 Å². The third kappa shape index (κ3) is 12.3. The van der Waals surface area contributed by atoms with Crippen molar-refractivity contribution in [3.63, 3.8) is 0 Å². The van der Waals surface area contributed by atoms with Crippen molar-refractivity contribution in [2.75, 3.05) is 0 Å². The Kier molecular flexibility index (Phi) is 14.3. The van der Waals surface area contributed by atoms with Crippen molar-refractivity contribution in [3.05, 3.63) is 23.8 Å². The highest BCUT2D eigenvalue weighted by Crippen LogP contribution is 2.20. The molecule has 1 aliphatic carbocycles.